The predicted molar refractivity (Wildman–Crippen MR) is 71.6 cm³/mol. The Hall–Kier alpha value is -2.37. The summed E-state index contributed by atoms with van der Waals surface area (Å²) in [4.78, 5) is 19.0. The molecule has 106 valence electrons. The standard InChI is InChI=1S/C14H16FN3O2/c1-9(13-16-7-8-17-13)18-14(19)10(2)20-12-5-3-11(15)4-6-12/h3-10H,1-2H3,(H,16,17)(H,18,19). The Morgan fingerprint density at radius 3 is 2.65 bits per heavy atom. The number of H-pyrrole nitrogens is 1. The van der Waals surface area contributed by atoms with Gasteiger partial charge in [-0.05, 0) is 38.1 Å². The molecule has 1 amide bonds. The number of benzene rings is 1. The molecule has 0 spiro atoms. The predicted octanol–water partition coefficient (Wildman–Crippen LogP) is 2.19. The van der Waals surface area contributed by atoms with E-state index in [9.17, 15) is 9.18 Å². The second-order valence-electron chi connectivity index (χ2n) is 4.42. The van der Waals surface area contributed by atoms with E-state index in [2.05, 4.69) is 15.3 Å². The van der Waals surface area contributed by atoms with Crippen molar-refractivity contribution < 1.29 is 13.9 Å². The van der Waals surface area contributed by atoms with Crippen LogP contribution in [0.1, 0.15) is 25.7 Å². The number of nitrogens with one attached hydrogen (secondary N) is 2. The Morgan fingerprint density at radius 1 is 1.35 bits per heavy atom. The monoisotopic (exact) mass is 277 g/mol. The highest BCUT2D eigenvalue weighted by Gasteiger charge is 2.18. The van der Waals surface area contributed by atoms with Gasteiger partial charge in [0, 0.05) is 12.4 Å². The van der Waals surface area contributed by atoms with E-state index in [4.69, 9.17) is 4.74 Å². The number of ether oxygens (including phenoxy) is 1. The number of amides is 1. The van der Waals surface area contributed by atoms with Gasteiger partial charge < -0.3 is 15.0 Å². The van der Waals surface area contributed by atoms with E-state index in [0.29, 0.717) is 11.6 Å². The van der Waals surface area contributed by atoms with Crippen LogP contribution in [0.3, 0.4) is 0 Å². The maximum absolute atomic E-state index is 12.8. The number of aromatic amines is 1. The molecule has 20 heavy (non-hydrogen) atoms. The van der Waals surface area contributed by atoms with Crippen molar-refractivity contribution in [2.24, 2.45) is 0 Å². The summed E-state index contributed by atoms with van der Waals surface area (Å²) in [7, 11) is 0. The molecular formula is C14H16FN3O2. The van der Waals surface area contributed by atoms with Crippen molar-refractivity contribution in [1.29, 1.82) is 0 Å². The van der Waals surface area contributed by atoms with Crippen LogP contribution in [0.2, 0.25) is 0 Å². The minimum absolute atomic E-state index is 0.239. The highest BCUT2D eigenvalue weighted by atomic mass is 19.1. The van der Waals surface area contributed by atoms with Gasteiger partial charge in [-0.15, -0.1) is 0 Å². The molecule has 0 aliphatic heterocycles. The van der Waals surface area contributed by atoms with Crippen LogP contribution in [-0.4, -0.2) is 22.0 Å². The zero-order valence-corrected chi connectivity index (χ0v) is 11.3. The Labute approximate surface area is 116 Å². The highest BCUT2D eigenvalue weighted by Crippen LogP contribution is 2.13. The first kappa shape index (κ1) is 14.0. The van der Waals surface area contributed by atoms with Crippen LogP contribution in [-0.2, 0) is 4.79 Å². The zero-order chi connectivity index (χ0) is 14.5. The van der Waals surface area contributed by atoms with Gasteiger partial charge in [0.2, 0.25) is 0 Å². The van der Waals surface area contributed by atoms with Crippen molar-refractivity contribution in [2.75, 3.05) is 0 Å². The SMILES string of the molecule is CC(Oc1ccc(F)cc1)C(=O)NC(C)c1ncc[nH]1. The van der Waals surface area contributed by atoms with Gasteiger partial charge >= 0.3 is 0 Å². The lowest BCUT2D eigenvalue weighted by molar-refractivity contribution is -0.128. The largest absolute Gasteiger partial charge is 0.481 e. The van der Waals surface area contributed by atoms with Gasteiger partial charge in [0.15, 0.2) is 6.10 Å². The number of nitrogens with zero attached hydrogens (tertiary/aromatic N) is 1. The first-order valence-corrected chi connectivity index (χ1v) is 6.28. The molecule has 0 aliphatic rings. The van der Waals surface area contributed by atoms with E-state index in [1.54, 1.807) is 19.3 Å². The van der Waals surface area contributed by atoms with Crippen LogP contribution >= 0.6 is 0 Å². The molecule has 2 unspecified atom stereocenters. The quantitative estimate of drug-likeness (QED) is 0.880. The molecule has 0 aliphatic carbocycles. The lowest BCUT2D eigenvalue weighted by Crippen LogP contribution is -2.38. The van der Waals surface area contributed by atoms with Crippen molar-refractivity contribution in [2.45, 2.75) is 26.0 Å². The molecule has 6 heteroatoms. The van der Waals surface area contributed by atoms with Crippen LogP contribution in [0.25, 0.3) is 0 Å². The number of hydrogen-bond donors (Lipinski definition) is 2. The third-order valence-corrected chi connectivity index (χ3v) is 2.78. The summed E-state index contributed by atoms with van der Waals surface area (Å²) < 4.78 is 18.2. The lowest BCUT2D eigenvalue weighted by atomic mass is 10.2. The highest BCUT2D eigenvalue weighted by molar-refractivity contribution is 5.81. The second kappa shape index (κ2) is 6.18. The molecule has 2 rings (SSSR count). The number of hydrogen-bond acceptors (Lipinski definition) is 3. The van der Waals surface area contributed by atoms with E-state index in [-0.39, 0.29) is 17.8 Å². The fraction of sp³-hybridized carbons (Fsp3) is 0.286. The second-order valence-corrected chi connectivity index (χ2v) is 4.42. The van der Waals surface area contributed by atoms with E-state index in [1.165, 1.54) is 24.3 Å². The minimum atomic E-state index is -0.683. The van der Waals surface area contributed by atoms with Crippen LogP contribution in [0.15, 0.2) is 36.7 Å². The molecule has 2 aromatic rings. The number of carbonyl (C=O) groups is 1. The summed E-state index contributed by atoms with van der Waals surface area (Å²) >= 11 is 0. The van der Waals surface area contributed by atoms with Gasteiger partial charge in [-0.1, -0.05) is 0 Å². The summed E-state index contributed by atoms with van der Waals surface area (Å²) in [6.45, 7) is 3.45. The maximum atomic E-state index is 12.8. The number of carbonyl (C=O) groups excluding carboxylic acids is 1. The molecule has 5 nitrogen and oxygen atoms in total. The average Bonchev–Trinajstić information content (AvgIpc) is 2.95. The summed E-state index contributed by atoms with van der Waals surface area (Å²) in [5.74, 6) is 0.506. The van der Waals surface area contributed by atoms with Gasteiger partial charge in [0.1, 0.15) is 17.4 Å². The Balaban J connectivity index is 1.90. The molecule has 2 N–H and O–H groups in total. The topological polar surface area (TPSA) is 67.0 Å². The smallest absolute Gasteiger partial charge is 0.261 e. The van der Waals surface area contributed by atoms with Crippen molar-refractivity contribution >= 4 is 5.91 Å². The Bertz CT molecular complexity index is 554. The van der Waals surface area contributed by atoms with Crippen molar-refractivity contribution in [3.05, 3.63) is 48.3 Å². The molecule has 0 bridgehead atoms. The van der Waals surface area contributed by atoms with Crippen LogP contribution in [0.5, 0.6) is 5.75 Å². The van der Waals surface area contributed by atoms with E-state index < -0.39 is 6.10 Å². The molecule has 0 fully saturated rings. The first-order chi connectivity index (χ1) is 9.56. The van der Waals surface area contributed by atoms with Crippen LogP contribution < -0.4 is 10.1 Å². The summed E-state index contributed by atoms with van der Waals surface area (Å²) in [5, 5.41) is 2.78. The number of halogens is 1. The van der Waals surface area contributed by atoms with E-state index in [1.807, 2.05) is 6.92 Å². The van der Waals surface area contributed by atoms with Gasteiger partial charge in [-0.2, -0.15) is 0 Å². The van der Waals surface area contributed by atoms with Crippen molar-refractivity contribution in [3.63, 3.8) is 0 Å². The summed E-state index contributed by atoms with van der Waals surface area (Å²) in [5.41, 5.74) is 0. The van der Waals surface area contributed by atoms with Gasteiger partial charge in [-0.3, -0.25) is 4.79 Å². The Morgan fingerprint density at radius 2 is 2.05 bits per heavy atom. The fourth-order valence-electron chi connectivity index (χ4n) is 1.68. The molecule has 1 aromatic heterocycles. The van der Waals surface area contributed by atoms with E-state index >= 15 is 0 Å². The third kappa shape index (κ3) is 3.57. The molecule has 0 saturated carbocycles. The van der Waals surface area contributed by atoms with Crippen molar-refractivity contribution in [3.8, 4) is 5.75 Å². The molecule has 0 saturated heterocycles. The maximum Gasteiger partial charge on any atom is 0.261 e. The van der Waals surface area contributed by atoms with Crippen LogP contribution in [0, 0.1) is 5.82 Å². The van der Waals surface area contributed by atoms with Gasteiger partial charge in [-0.25, -0.2) is 9.37 Å². The first-order valence-electron chi connectivity index (χ1n) is 6.28. The van der Waals surface area contributed by atoms with Gasteiger partial charge in [0.25, 0.3) is 5.91 Å². The number of aromatic nitrogens is 2. The van der Waals surface area contributed by atoms with Crippen molar-refractivity contribution in [1.82, 2.24) is 15.3 Å². The molecule has 2 atom stereocenters. The summed E-state index contributed by atoms with van der Waals surface area (Å²) in [6, 6.07) is 5.29. The number of rotatable bonds is 5. The third-order valence-electron chi connectivity index (χ3n) is 2.78. The molecule has 1 heterocycles. The molecule has 0 radical (unpaired) electrons. The average molecular weight is 277 g/mol. The molecule has 1 aromatic carbocycles. The minimum Gasteiger partial charge on any atom is -0.481 e. The van der Waals surface area contributed by atoms with Gasteiger partial charge in [0.05, 0.1) is 6.04 Å². The summed E-state index contributed by atoms with van der Waals surface area (Å²) in [6.07, 6.45) is 2.63. The lowest BCUT2D eigenvalue weighted by Gasteiger charge is -2.17. The zero-order valence-electron chi connectivity index (χ0n) is 11.3. The fourth-order valence-corrected chi connectivity index (χ4v) is 1.68. The van der Waals surface area contributed by atoms with E-state index in [0.717, 1.165) is 0 Å². The Kier molecular flexibility index (Phi) is 4.34. The van der Waals surface area contributed by atoms with Crippen LogP contribution in [0.4, 0.5) is 4.39 Å². The molecular weight excluding hydrogens is 261 g/mol. The normalized spacial score (nSPS) is 13.6. The number of imidazole rings is 1.